The predicted octanol–water partition coefficient (Wildman–Crippen LogP) is 3.45. The number of rotatable bonds is 5. The Kier molecular flexibility index (Phi) is 4.26. The van der Waals surface area contributed by atoms with Gasteiger partial charge in [-0.15, -0.1) is 0 Å². The molecule has 3 heterocycles. The van der Waals surface area contributed by atoms with E-state index in [0.717, 1.165) is 22.2 Å². The average Bonchev–Trinajstić information content (AvgIpc) is 3.25. The number of nitrogens with zero attached hydrogens (tertiary/aromatic N) is 2. The Morgan fingerprint density at radius 2 is 2.23 bits per heavy atom. The monoisotopic (exact) mass is 368 g/mol. The minimum Gasteiger partial charge on any atom is -0.497 e. The van der Waals surface area contributed by atoms with Crippen LogP contribution in [-0.2, 0) is 6.42 Å². The van der Waals surface area contributed by atoms with Gasteiger partial charge in [0.05, 0.1) is 7.11 Å². The minimum atomic E-state index is -0.206. The fraction of sp³-hybridized carbons (Fsp3) is 0.158. The third kappa shape index (κ3) is 3.11. The number of methoxy groups -OCH3 is 1. The van der Waals surface area contributed by atoms with Crippen LogP contribution in [0.25, 0.3) is 16.6 Å². The highest BCUT2D eigenvalue weighted by Gasteiger charge is 2.11. The molecule has 0 aliphatic heterocycles. The van der Waals surface area contributed by atoms with E-state index in [1.165, 1.54) is 0 Å². The summed E-state index contributed by atoms with van der Waals surface area (Å²) in [5.74, 6) is 0.605. The number of hydrogen-bond acceptors (Lipinski definition) is 3. The van der Waals surface area contributed by atoms with Gasteiger partial charge in [0.2, 0.25) is 0 Å². The number of ether oxygens (including phenoxy) is 1. The van der Waals surface area contributed by atoms with E-state index in [2.05, 4.69) is 15.3 Å². The van der Waals surface area contributed by atoms with E-state index in [9.17, 15) is 4.79 Å². The van der Waals surface area contributed by atoms with Crippen LogP contribution in [0.5, 0.6) is 5.75 Å². The van der Waals surface area contributed by atoms with E-state index < -0.39 is 0 Å². The van der Waals surface area contributed by atoms with Crippen molar-refractivity contribution in [3.63, 3.8) is 0 Å². The molecule has 0 radical (unpaired) electrons. The van der Waals surface area contributed by atoms with Crippen molar-refractivity contribution in [2.45, 2.75) is 6.42 Å². The number of aromatic nitrogens is 3. The highest BCUT2D eigenvalue weighted by atomic mass is 35.5. The van der Waals surface area contributed by atoms with Crippen LogP contribution >= 0.6 is 11.6 Å². The normalized spacial score (nSPS) is 11.2. The lowest BCUT2D eigenvalue weighted by Gasteiger charge is -2.04. The first-order chi connectivity index (χ1) is 12.6. The van der Waals surface area contributed by atoms with Crippen molar-refractivity contribution in [3.8, 4) is 5.75 Å². The molecule has 0 saturated heterocycles. The first-order valence-corrected chi connectivity index (χ1v) is 8.58. The van der Waals surface area contributed by atoms with Gasteiger partial charge in [0, 0.05) is 47.1 Å². The van der Waals surface area contributed by atoms with Crippen LogP contribution in [0.4, 0.5) is 0 Å². The van der Waals surface area contributed by atoms with E-state index in [-0.39, 0.29) is 5.91 Å². The summed E-state index contributed by atoms with van der Waals surface area (Å²) in [5, 5.41) is 4.60. The average molecular weight is 369 g/mol. The zero-order valence-corrected chi connectivity index (χ0v) is 14.9. The number of fused-ring (bicyclic) bond motifs is 2. The largest absolute Gasteiger partial charge is 0.497 e. The second-order valence-electron chi connectivity index (χ2n) is 5.97. The number of benzene rings is 1. The Balaban J connectivity index is 1.44. The lowest BCUT2D eigenvalue weighted by molar-refractivity contribution is 0.0950. The van der Waals surface area contributed by atoms with Crippen molar-refractivity contribution in [1.82, 2.24) is 19.7 Å². The second kappa shape index (κ2) is 6.72. The topological polar surface area (TPSA) is 71.4 Å². The maximum Gasteiger partial charge on any atom is 0.271 e. The molecule has 0 unspecified atom stereocenters. The van der Waals surface area contributed by atoms with Crippen LogP contribution in [0.1, 0.15) is 16.1 Å². The molecule has 0 spiro atoms. The summed E-state index contributed by atoms with van der Waals surface area (Å²) in [7, 11) is 1.65. The van der Waals surface area contributed by atoms with Crippen molar-refractivity contribution in [2.24, 2.45) is 0 Å². The van der Waals surface area contributed by atoms with Crippen LogP contribution in [0, 0.1) is 0 Å². The van der Waals surface area contributed by atoms with Crippen LogP contribution in [0.15, 0.2) is 48.9 Å². The molecule has 4 aromatic rings. The SMILES string of the molecule is COc1ccc2[nH]cc(CCNC(=O)c3cn4ccc(Cl)cc4n3)c2c1. The van der Waals surface area contributed by atoms with Crippen LogP contribution in [0.3, 0.4) is 0 Å². The van der Waals surface area contributed by atoms with Crippen LogP contribution < -0.4 is 10.1 Å². The summed E-state index contributed by atoms with van der Waals surface area (Å²) in [5.41, 5.74) is 3.18. The van der Waals surface area contributed by atoms with Gasteiger partial charge < -0.3 is 19.4 Å². The van der Waals surface area contributed by atoms with Crippen LogP contribution in [-0.4, -0.2) is 33.9 Å². The molecule has 2 N–H and O–H groups in total. The van der Waals surface area contributed by atoms with E-state index in [4.69, 9.17) is 16.3 Å². The number of amides is 1. The summed E-state index contributed by atoms with van der Waals surface area (Å²) < 4.78 is 7.05. The van der Waals surface area contributed by atoms with E-state index in [1.807, 2.05) is 24.4 Å². The third-order valence-corrected chi connectivity index (χ3v) is 4.54. The molecule has 7 heteroatoms. The van der Waals surface area contributed by atoms with Gasteiger partial charge in [-0.05, 0) is 36.2 Å². The van der Waals surface area contributed by atoms with Crippen molar-refractivity contribution in [1.29, 1.82) is 0 Å². The molecule has 26 heavy (non-hydrogen) atoms. The fourth-order valence-electron chi connectivity index (χ4n) is 2.96. The Labute approximate surface area is 154 Å². The molecule has 4 rings (SSSR count). The molecule has 0 atom stereocenters. The van der Waals surface area contributed by atoms with Crippen molar-refractivity contribution in [3.05, 3.63) is 65.2 Å². The molecule has 0 saturated carbocycles. The maximum atomic E-state index is 12.3. The first-order valence-electron chi connectivity index (χ1n) is 8.20. The van der Waals surface area contributed by atoms with Gasteiger partial charge in [0.1, 0.15) is 17.1 Å². The Morgan fingerprint density at radius 3 is 3.08 bits per heavy atom. The summed E-state index contributed by atoms with van der Waals surface area (Å²) in [6.07, 6.45) is 6.14. The highest BCUT2D eigenvalue weighted by molar-refractivity contribution is 6.30. The summed E-state index contributed by atoms with van der Waals surface area (Å²) in [4.78, 5) is 19.9. The number of hydrogen-bond donors (Lipinski definition) is 2. The number of halogens is 1. The molecule has 3 aromatic heterocycles. The molecular weight excluding hydrogens is 352 g/mol. The lowest BCUT2D eigenvalue weighted by atomic mass is 10.1. The molecule has 1 amide bonds. The van der Waals surface area contributed by atoms with Crippen molar-refractivity contribution >= 4 is 34.1 Å². The molecule has 0 aliphatic rings. The number of pyridine rings is 1. The summed E-state index contributed by atoms with van der Waals surface area (Å²) >= 11 is 5.95. The Bertz CT molecular complexity index is 1100. The quantitative estimate of drug-likeness (QED) is 0.566. The molecule has 6 nitrogen and oxygen atoms in total. The number of aromatic amines is 1. The van der Waals surface area contributed by atoms with Gasteiger partial charge >= 0.3 is 0 Å². The van der Waals surface area contributed by atoms with Gasteiger partial charge in [0.15, 0.2) is 0 Å². The smallest absolute Gasteiger partial charge is 0.271 e. The van der Waals surface area contributed by atoms with Crippen molar-refractivity contribution in [2.75, 3.05) is 13.7 Å². The van der Waals surface area contributed by atoms with Crippen molar-refractivity contribution < 1.29 is 9.53 Å². The number of nitrogens with one attached hydrogen (secondary N) is 2. The van der Waals surface area contributed by atoms with Gasteiger partial charge in [-0.25, -0.2) is 4.98 Å². The van der Waals surface area contributed by atoms with E-state index in [1.54, 1.807) is 36.0 Å². The van der Waals surface area contributed by atoms with Gasteiger partial charge in [-0.2, -0.15) is 0 Å². The molecular formula is C19H17ClN4O2. The third-order valence-electron chi connectivity index (χ3n) is 4.31. The minimum absolute atomic E-state index is 0.206. The van der Waals surface area contributed by atoms with E-state index >= 15 is 0 Å². The first kappa shape index (κ1) is 16.5. The number of H-pyrrole nitrogens is 1. The predicted molar refractivity (Wildman–Crippen MR) is 101 cm³/mol. The number of carbonyl (C=O) groups is 1. The van der Waals surface area contributed by atoms with E-state index in [0.29, 0.717) is 29.3 Å². The molecule has 1 aromatic carbocycles. The Hall–Kier alpha value is -2.99. The second-order valence-corrected chi connectivity index (χ2v) is 6.40. The zero-order chi connectivity index (χ0) is 18.1. The lowest BCUT2D eigenvalue weighted by Crippen LogP contribution is -2.25. The highest BCUT2D eigenvalue weighted by Crippen LogP contribution is 2.23. The van der Waals surface area contributed by atoms with Gasteiger partial charge in [0.25, 0.3) is 5.91 Å². The molecule has 0 fully saturated rings. The number of carbonyl (C=O) groups excluding carboxylic acids is 1. The zero-order valence-electron chi connectivity index (χ0n) is 14.1. The summed E-state index contributed by atoms with van der Waals surface area (Å²) in [6.45, 7) is 0.512. The Morgan fingerprint density at radius 1 is 1.35 bits per heavy atom. The van der Waals surface area contributed by atoms with Crippen LogP contribution in [0.2, 0.25) is 5.02 Å². The maximum absolute atomic E-state index is 12.3. The number of imidazole rings is 1. The molecule has 0 aliphatic carbocycles. The fourth-order valence-corrected chi connectivity index (χ4v) is 3.11. The van der Waals surface area contributed by atoms with Gasteiger partial charge in [-0.1, -0.05) is 11.6 Å². The molecule has 132 valence electrons. The van der Waals surface area contributed by atoms with Gasteiger partial charge in [-0.3, -0.25) is 4.79 Å². The summed E-state index contributed by atoms with van der Waals surface area (Å²) in [6, 6.07) is 9.37. The molecule has 0 bridgehead atoms. The standard InChI is InChI=1S/C19H17ClN4O2/c1-26-14-2-3-16-15(9-14)12(10-22-16)4-6-21-19(25)17-11-24-7-5-13(20)8-18(24)23-17/h2-3,5,7-11,22H,4,6H2,1H3,(H,21,25).